The van der Waals surface area contributed by atoms with Gasteiger partial charge in [0.2, 0.25) is 4.77 Å². The number of hydrogen-bond donors (Lipinski definition) is 3. The van der Waals surface area contributed by atoms with Crippen LogP contribution in [0.15, 0.2) is 29.2 Å². The molecule has 0 bridgehead atoms. The second-order valence-corrected chi connectivity index (χ2v) is 5.33. The van der Waals surface area contributed by atoms with Crippen molar-refractivity contribution < 1.29 is 13.0 Å². The van der Waals surface area contributed by atoms with E-state index in [0.29, 0.717) is 16.3 Å². The number of aromatic nitrogens is 3. The summed E-state index contributed by atoms with van der Waals surface area (Å²) >= 11 is 5.00. The minimum atomic E-state index is -4.17. The Morgan fingerprint density at radius 2 is 2.00 bits per heavy atom. The first-order chi connectivity index (χ1) is 8.38. The number of benzene rings is 1. The van der Waals surface area contributed by atoms with Crippen LogP contribution in [-0.2, 0) is 10.1 Å². The van der Waals surface area contributed by atoms with Crippen molar-refractivity contribution in [3.05, 3.63) is 34.9 Å². The molecule has 1 heterocycles. The first-order valence-corrected chi connectivity index (χ1v) is 6.71. The number of nitrogens with one attached hydrogen (secondary N) is 2. The Kier molecular flexibility index (Phi) is 3.20. The highest BCUT2D eigenvalue weighted by Gasteiger charge is 2.08. The summed E-state index contributed by atoms with van der Waals surface area (Å²) in [6.45, 7) is 1.76. The maximum Gasteiger partial charge on any atom is 0.294 e. The number of anilines is 1. The molecule has 0 saturated heterocycles. The van der Waals surface area contributed by atoms with E-state index in [4.69, 9.17) is 16.8 Å². The molecule has 0 aliphatic rings. The lowest BCUT2D eigenvalue weighted by atomic mass is 10.3. The smallest absolute Gasteiger partial charge is 0.291 e. The third-order valence-electron chi connectivity index (χ3n) is 2.23. The standard InChI is InChI=1S/C9H10N4O3S2/c1-6-10-11-9(17)13(6)12-7-2-4-8(5-3-7)18(14,15)16/h2-5,12H,1H3,(H,11,17)(H,14,15,16). The van der Waals surface area contributed by atoms with E-state index >= 15 is 0 Å². The van der Waals surface area contributed by atoms with Gasteiger partial charge in [-0.05, 0) is 43.4 Å². The summed E-state index contributed by atoms with van der Waals surface area (Å²) in [6, 6.07) is 5.60. The molecular formula is C9H10N4O3S2. The molecule has 7 nitrogen and oxygen atoms in total. The van der Waals surface area contributed by atoms with Gasteiger partial charge in [0, 0.05) is 0 Å². The molecule has 0 spiro atoms. The van der Waals surface area contributed by atoms with Crippen molar-refractivity contribution in [1.29, 1.82) is 0 Å². The molecule has 0 atom stereocenters. The third-order valence-corrected chi connectivity index (χ3v) is 3.37. The molecule has 9 heteroatoms. The molecule has 18 heavy (non-hydrogen) atoms. The predicted octanol–water partition coefficient (Wildman–Crippen LogP) is 1.37. The molecule has 96 valence electrons. The van der Waals surface area contributed by atoms with Gasteiger partial charge in [0.1, 0.15) is 5.82 Å². The van der Waals surface area contributed by atoms with E-state index in [1.807, 2.05) is 0 Å². The summed E-state index contributed by atoms with van der Waals surface area (Å²) in [6.07, 6.45) is 0. The van der Waals surface area contributed by atoms with Crippen molar-refractivity contribution in [2.24, 2.45) is 0 Å². The minimum Gasteiger partial charge on any atom is -0.291 e. The van der Waals surface area contributed by atoms with Crippen molar-refractivity contribution in [2.75, 3.05) is 5.43 Å². The number of aryl methyl sites for hydroxylation is 1. The van der Waals surface area contributed by atoms with Gasteiger partial charge >= 0.3 is 0 Å². The Balaban J connectivity index is 2.30. The normalized spacial score (nSPS) is 11.4. The van der Waals surface area contributed by atoms with Gasteiger partial charge in [0.25, 0.3) is 10.1 Å². The lowest BCUT2D eigenvalue weighted by Crippen LogP contribution is -2.11. The Hall–Kier alpha value is -1.71. The maximum absolute atomic E-state index is 10.9. The monoisotopic (exact) mass is 286 g/mol. The number of hydrogen-bond acceptors (Lipinski definition) is 5. The third kappa shape index (κ3) is 2.58. The SMILES string of the molecule is Cc1n[nH]c(=S)n1Nc1ccc(S(=O)(=O)O)cc1. The van der Waals surface area contributed by atoms with Gasteiger partial charge in [-0.25, -0.2) is 4.68 Å². The van der Waals surface area contributed by atoms with Gasteiger partial charge in [-0.1, -0.05) is 0 Å². The van der Waals surface area contributed by atoms with Crippen LogP contribution in [0.5, 0.6) is 0 Å². The van der Waals surface area contributed by atoms with Gasteiger partial charge in [0.05, 0.1) is 10.6 Å². The van der Waals surface area contributed by atoms with Crippen molar-refractivity contribution in [2.45, 2.75) is 11.8 Å². The fraction of sp³-hybridized carbons (Fsp3) is 0.111. The summed E-state index contributed by atoms with van der Waals surface area (Å²) in [5, 5.41) is 6.53. The lowest BCUT2D eigenvalue weighted by molar-refractivity contribution is 0.483. The molecule has 1 aromatic heterocycles. The molecule has 0 aliphatic heterocycles. The lowest BCUT2D eigenvalue weighted by Gasteiger charge is -2.08. The maximum atomic E-state index is 10.9. The summed E-state index contributed by atoms with van der Waals surface area (Å²) < 4.78 is 32.5. The van der Waals surface area contributed by atoms with Crippen LogP contribution in [0.25, 0.3) is 0 Å². The second kappa shape index (κ2) is 4.52. The van der Waals surface area contributed by atoms with E-state index in [1.54, 1.807) is 6.92 Å². The van der Waals surface area contributed by atoms with E-state index in [0.717, 1.165) is 0 Å². The zero-order valence-electron chi connectivity index (χ0n) is 9.28. The zero-order valence-corrected chi connectivity index (χ0v) is 10.9. The van der Waals surface area contributed by atoms with Crippen LogP contribution in [0.4, 0.5) is 5.69 Å². The highest BCUT2D eigenvalue weighted by molar-refractivity contribution is 7.85. The molecule has 0 aliphatic carbocycles. The van der Waals surface area contributed by atoms with Gasteiger partial charge in [-0.3, -0.25) is 15.1 Å². The first kappa shape index (κ1) is 12.7. The van der Waals surface area contributed by atoms with Crippen molar-refractivity contribution in [3.8, 4) is 0 Å². The zero-order chi connectivity index (χ0) is 13.3. The summed E-state index contributed by atoms with van der Waals surface area (Å²) in [5.74, 6) is 0.638. The van der Waals surface area contributed by atoms with E-state index in [1.165, 1.54) is 28.9 Å². The molecular weight excluding hydrogens is 276 g/mol. The van der Waals surface area contributed by atoms with Crippen LogP contribution in [0.2, 0.25) is 0 Å². The number of rotatable bonds is 3. The molecule has 1 aromatic carbocycles. The predicted molar refractivity (Wildman–Crippen MR) is 67.4 cm³/mol. The summed E-state index contributed by atoms with van der Waals surface area (Å²) in [7, 11) is -4.17. The van der Waals surface area contributed by atoms with Crippen molar-refractivity contribution in [3.63, 3.8) is 0 Å². The molecule has 0 saturated carbocycles. The van der Waals surface area contributed by atoms with Crippen LogP contribution >= 0.6 is 12.2 Å². The van der Waals surface area contributed by atoms with Crippen LogP contribution in [0, 0.1) is 11.7 Å². The Morgan fingerprint density at radius 3 is 2.44 bits per heavy atom. The molecule has 0 fully saturated rings. The van der Waals surface area contributed by atoms with Crippen LogP contribution in [-0.4, -0.2) is 27.8 Å². The van der Waals surface area contributed by atoms with Crippen LogP contribution in [0.3, 0.4) is 0 Å². The molecule has 2 rings (SSSR count). The van der Waals surface area contributed by atoms with E-state index in [2.05, 4.69) is 15.6 Å². The number of H-pyrrole nitrogens is 1. The average Bonchev–Trinajstić information content (AvgIpc) is 2.60. The fourth-order valence-electron chi connectivity index (χ4n) is 1.34. The van der Waals surface area contributed by atoms with Crippen LogP contribution in [0.1, 0.15) is 5.82 Å². The van der Waals surface area contributed by atoms with Crippen molar-refractivity contribution in [1.82, 2.24) is 14.9 Å². The molecule has 2 aromatic rings. The molecule has 0 unspecified atom stereocenters. The summed E-state index contributed by atoms with van der Waals surface area (Å²) in [4.78, 5) is -0.166. The van der Waals surface area contributed by atoms with E-state index in [-0.39, 0.29) is 4.90 Å². The number of nitrogens with zero attached hydrogens (tertiary/aromatic N) is 2. The highest BCUT2D eigenvalue weighted by Crippen LogP contribution is 2.14. The molecule has 3 N–H and O–H groups in total. The highest BCUT2D eigenvalue weighted by atomic mass is 32.2. The topological polar surface area (TPSA) is 100 Å². The van der Waals surface area contributed by atoms with Gasteiger partial charge < -0.3 is 0 Å². The van der Waals surface area contributed by atoms with Gasteiger partial charge in [-0.2, -0.15) is 13.5 Å². The van der Waals surface area contributed by atoms with E-state index in [9.17, 15) is 8.42 Å². The quantitative estimate of drug-likeness (QED) is 0.582. The van der Waals surface area contributed by atoms with Gasteiger partial charge in [0.15, 0.2) is 0 Å². The van der Waals surface area contributed by atoms with Crippen molar-refractivity contribution >= 4 is 28.0 Å². The number of aromatic amines is 1. The second-order valence-electron chi connectivity index (χ2n) is 3.52. The minimum absolute atomic E-state index is 0.166. The average molecular weight is 286 g/mol. The van der Waals surface area contributed by atoms with E-state index < -0.39 is 10.1 Å². The molecule has 0 radical (unpaired) electrons. The Bertz CT molecular complexity index is 715. The molecule has 0 amide bonds. The fourth-order valence-corrected chi connectivity index (χ4v) is 2.04. The van der Waals surface area contributed by atoms with Gasteiger partial charge in [-0.15, -0.1) is 0 Å². The first-order valence-electron chi connectivity index (χ1n) is 4.86. The Labute approximate surface area is 108 Å². The summed E-state index contributed by atoms with van der Waals surface area (Å²) in [5.41, 5.74) is 3.56. The van der Waals surface area contributed by atoms with Crippen LogP contribution < -0.4 is 5.43 Å². The largest absolute Gasteiger partial charge is 0.294 e. The Morgan fingerprint density at radius 1 is 1.39 bits per heavy atom.